The Kier molecular flexibility index (Phi) is 6.85. The molecule has 0 saturated carbocycles. The predicted molar refractivity (Wildman–Crippen MR) is 82.3 cm³/mol. The van der Waals surface area contributed by atoms with Crippen LogP contribution in [-0.2, 0) is 22.6 Å². The van der Waals surface area contributed by atoms with E-state index in [0.717, 1.165) is 25.1 Å². The second-order valence-electron chi connectivity index (χ2n) is 4.76. The third-order valence-corrected chi connectivity index (χ3v) is 3.33. The number of ether oxygens (including phenoxy) is 1. The minimum atomic E-state index is 0.0383. The Balaban J connectivity index is 2.52. The molecule has 20 heavy (non-hydrogen) atoms. The van der Waals surface area contributed by atoms with E-state index in [1.54, 1.807) is 18.1 Å². The molecule has 0 radical (unpaired) electrons. The number of likely N-dealkylation sites (N-methyl/N-ethyl adjacent to an activating group) is 1. The average Bonchev–Trinajstić information content (AvgIpc) is 2.49. The van der Waals surface area contributed by atoms with E-state index in [2.05, 4.69) is 31.2 Å². The smallest absolute Gasteiger partial charge is 0.252 e. The molecule has 0 heterocycles. The summed E-state index contributed by atoms with van der Waals surface area (Å²) in [6.07, 6.45) is 2.60. The van der Waals surface area contributed by atoms with E-state index < -0.39 is 0 Å². The standard InChI is InChI=1S/C17H25NO2/c1-5-15-8-10-16(11-9-15)13-20-12-14(4)17(19)18(6-2)7-3/h8-12H,5-7,13H2,1-4H3/b14-12-. The zero-order valence-electron chi connectivity index (χ0n) is 13.0. The van der Waals surface area contributed by atoms with Gasteiger partial charge in [-0.1, -0.05) is 31.2 Å². The fourth-order valence-electron chi connectivity index (χ4n) is 1.94. The van der Waals surface area contributed by atoms with Crippen LogP contribution in [0.1, 0.15) is 38.8 Å². The van der Waals surface area contributed by atoms with Gasteiger partial charge in [0, 0.05) is 18.7 Å². The molecule has 0 N–H and O–H groups in total. The summed E-state index contributed by atoms with van der Waals surface area (Å²) in [5.74, 6) is 0.0383. The number of hydrogen-bond donors (Lipinski definition) is 0. The highest BCUT2D eigenvalue weighted by Gasteiger charge is 2.11. The summed E-state index contributed by atoms with van der Waals surface area (Å²) in [6, 6.07) is 8.34. The van der Waals surface area contributed by atoms with E-state index in [4.69, 9.17) is 4.74 Å². The number of benzene rings is 1. The van der Waals surface area contributed by atoms with Crippen molar-refractivity contribution in [3.05, 3.63) is 47.2 Å². The van der Waals surface area contributed by atoms with Crippen molar-refractivity contribution in [3.8, 4) is 0 Å². The number of amides is 1. The molecule has 0 aliphatic rings. The summed E-state index contributed by atoms with van der Waals surface area (Å²) in [5.41, 5.74) is 3.07. The van der Waals surface area contributed by atoms with E-state index in [9.17, 15) is 4.79 Å². The highest BCUT2D eigenvalue weighted by molar-refractivity contribution is 5.92. The van der Waals surface area contributed by atoms with Gasteiger partial charge in [0.2, 0.25) is 0 Å². The van der Waals surface area contributed by atoms with Crippen LogP contribution in [0, 0.1) is 0 Å². The van der Waals surface area contributed by atoms with Crippen LogP contribution in [0.25, 0.3) is 0 Å². The Morgan fingerprint density at radius 3 is 2.15 bits per heavy atom. The summed E-state index contributed by atoms with van der Waals surface area (Å²) < 4.78 is 5.51. The fraction of sp³-hybridized carbons (Fsp3) is 0.471. The van der Waals surface area contributed by atoms with Crippen LogP contribution in [0.2, 0.25) is 0 Å². The van der Waals surface area contributed by atoms with E-state index in [-0.39, 0.29) is 5.91 Å². The van der Waals surface area contributed by atoms with E-state index >= 15 is 0 Å². The van der Waals surface area contributed by atoms with Gasteiger partial charge in [0.1, 0.15) is 6.61 Å². The zero-order valence-corrected chi connectivity index (χ0v) is 13.0. The van der Waals surface area contributed by atoms with Crippen LogP contribution in [0.3, 0.4) is 0 Å². The lowest BCUT2D eigenvalue weighted by Crippen LogP contribution is -2.31. The molecule has 1 aromatic rings. The number of carbonyl (C=O) groups is 1. The SMILES string of the molecule is CCc1ccc(CO/C=C(/C)C(=O)N(CC)CC)cc1. The quantitative estimate of drug-likeness (QED) is 0.562. The van der Waals surface area contributed by atoms with Gasteiger partial charge in [-0.3, -0.25) is 4.79 Å². The maximum Gasteiger partial charge on any atom is 0.252 e. The Morgan fingerprint density at radius 1 is 1.10 bits per heavy atom. The van der Waals surface area contributed by atoms with Crippen molar-refractivity contribution in [1.82, 2.24) is 4.90 Å². The van der Waals surface area contributed by atoms with Crippen molar-refractivity contribution >= 4 is 5.91 Å². The summed E-state index contributed by atoms with van der Waals surface area (Å²) in [4.78, 5) is 13.8. The topological polar surface area (TPSA) is 29.5 Å². The van der Waals surface area contributed by atoms with Crippen LogP contribution in [0.4, 0.5) is 0 Å². The van der Waals surface area contributed by atoms with Gasteiger partial charge in [-0.25, -0.2) is 0 Å². The van der Waals surface area contributed by atoms with Gasteiger partial charge in [-0.2, -0.15) is 0 Å². The van der Waals surface area contributed by atoms with Gasteiger partial charge in [0.05, 0.1) is 6.26 Å². The molecule has 0 bridgehead atoms. The van der Waals surface area contributed by atoms with Crippen molar-refractivity contribution in [2.24, 2.45) is 0 Å². The number of nitrogens with zero attached hydrogens (tertiary/aromatic N) is 1. The molecule has 0 atom stereocenters. The van der Waals surface area contributed by atoms with Crippen molar-refractivity contribution in [3.63, 3.8) is 0 Å². The van der Waals surface area contributed by atoms with Crippen molar-refractivity contribution in [2.45, 2.75) is 40.7 Å². The van der Waals surface area contributed by atoms with E-state index in [1.165, 1.54) is 5.56 Å². The molecular formula is C17H25NO2. The molecule has 0 aliphatic carbocycles. The molecule has 1 rings (SSSR count). The van der Waals surface area contributed by atoms with Crippen LogP contribution >= 0.6 is 0 Å². The third-order valence-electron chi connectivity index (χ3n) is 3.33. The predicted octanol–water partition coefficient (Wildman–Crippen LogP) is 3.54. The van der Waals surface area contributed by atoms with Crippen LogP contribution in [0.5, 0.6) is 0 Å². The molecule has 3 heteroatoms. The minimum absolute atomic E-state index is 0.0383. The first-order valence-electron chi connectivity index (χ1n) is 7.27. The molecule has 1 aromatic carbocycles. The maximum atomic E-state index is 12.0. The highest BCUT2D eigenvalue weighted by atomic mass is 16.5. The van der Waals surface area contributed by atoms with Gasteiger partial charge < -0.3 is 9.64 Å². The summed E-state index contributed by atoms with van der Waals surface area (Å²) >= 11 is 0. The molecule has 1 amide bonds. The molecule has 0 saturated heterocycles. The number of hydrogen-bond acceptors (Lipinski definition) is 2. The van der Waals surface area contributed by atoms with Gasteiger partial charge >= 0.3 is 0 Å². The second-order valence-corrected chi connectivity index (χ2v) is 4.76. The largest absolute Gasteiger partial charge is 0.496 e. The molecule has 0 fully saturated rings. The highest BCUT2D eigenvalue weighted by Crippen LogP contribution is 2.08. The maximum absolute atomic E-state index is 12.0. The van der Waals surface area contributed by atoms with Gasteiger partial charge in [-0.05, 0) is 38.3 Å². The average molecular weight is 275 g/mol. The Bertz CT molecular complexity index is 445. The Morgan fingerprint density at radius 2 is 1.65 bits per heavy atom. The summed E-state index contributed by atoms with van der Waals surface area (Å²) in [6.45, 7) is 9.82. The van der Waals surface area contributed by atoms with Gasteiger partial charge in [0.25, 0.3) is 5.91 Å². The van der Waals surface area contributed by atoms with Crippen LogP contribution in [0.15, 0.2) is 36.1 Å². The molecule has 0 spiro atoms. The third kappa shape index (κ3) is 4.72. The van der Waals surface area contributed by atoms with Crippen molar-refractivity contribution < 1.29 is 9.53 Å². The molecule has 0 aliphatic heterocycles. The first-order valence-corrected chi connectivity index (χ1v) is 7.27. The molecule has 0 unspecified atom stereocenters. The number of aryl methyl sites for hydroxylation is 1. The number of carbonyl (C=O) groups excluding carboxylic acids is 1. The van der Waals surface area contributed by atoms with Crippen LogP contribution in [-0.4, -0.2) is 23.9 Å². The lowest BCUT2D eigenvalue weighted by atomic mass is 10.1. The Hall–Kier alpha value is -1.77. The summed E-state index contributed by atoms with van der Waals surface area (Å²) in [5, 5.41) is 0. The molecular weight excluding hydrogens is 250 g/mol. The molecule has 110 valence electrons. The molecule has 3 nitrogen and oxygen atoms in total. The zero-order chi connectivity index (χ0) is 15.0. The van der Waals surface area contributed by atoms with E-state index in [1.807, 2.05) is 13.8 Å². The lowest BCUT2D eigenvalue weighted by Gasteiger charge is -2.18. The summed E-state index contributed by atoms with van der Waals surface area (Å²) in [7, 11) is 0. The van der Waals surface area contributed by atoms with Gasteiger partial charge in [0.15, 0.2) is 0 Å². The Labute approximate surface area is 122 Å². The monoisotopic (exact) mass is 275 g/mol. The lowest BCUT2D eigenvalue weighted by molar-refractivity contribution is -0.126. The minimum Gasteiger partial charge on any atom is -0.496 e. The second kappa shape index (κ2) is 8.41. The van der Waals surface area contributed by atoms with E-state index in [0.29, 0.717) is 12.2 Å². The van der Waals surface area contributed by atoms with Gasteiger partial charge in [-0.15, -0.1) is 0 Å². The molecule has 0 aromatic heterocycles. The fourth-order valence-corrected chi connectivity index (χ4v) is 1.94. The normalized spacial score (nSPS) is 11.3. The number of rotatable bonds is 7. The van der Waals surface area contributed by atoms with Crippen molar-refractivity contribution in [1.29, 1.82) is 0 Å². The van der Waals surface area contributed by atoms with Crippen LogP contribution < -0.4 is 0 Å². The first kappa shape index (κ1) is 16.3. The van der Waals surface area contributed by atoms with Crippen molar-refractivity contribution in [2.75, 3.05) is 13.1 Å². The first-order chi connectivity index (χ1) is 9.62.